The lowest BCUT2D eigenvalue weighted by Crippen LogP contribution is -2.18. The topological polar surface area (TPSA) is 49.8 Å². The molecule has 0 unspecified atom stereocenters. The van der Waals surface area contributed by atoms with E-state index >= 15 is 0 Å². The van der Waals surface area contributed by atoms with Crippen molar-refractivity contribution in [2.24, 2.45) is 0 Å². The Morgan fingerprint density at radius 2 is 1.90 bits per heavy atom. The largest absolute Gasteiger partial charge is 0.497 e. The van der Waals surface area contributed by atoms with Gasteiger partial charge in [0.25, 0.3) is 0 Å². The molecule has 0 heterocycles. The summed E-state index contributed by atoms with van der Waals surface area (Å²) in [5.41, 5.74) is 0.916. The predicted molar refractivity (Wildman–Crippen MR) is 78.5 cm³/mol. The van der Waals surface area contributed by atoms with Crippen LogP contribution in [0.2, 0.25) is 0 Å². The number of hydrogen-bond donors (Lipinski definition) is 1. The monoisotopic (exact) mass is 289 g/mol. The van der Waals surface area contributed by atoms with Gasteiger partial charge in [0, 0.05) is 24.8 Å². The maximum absolute atomic E-state index is 14.1. The van der Waals surface area contributed by atoms with Gasteiger partial charge in [0.1, 0.15) is 11.6 Å². The van der Waals surface area contributed by atoms with Gasteiger partial charge in [-0.2, -0.15) is 0 Å². The zero-order chi connectivity index (χ0) is 15.4. The molecule has 110 valence electrons. The fourth-order valence-electron chi connectivity index (χ4n) is 2.05. The van der Waals surface area contributed by atoms with E-state index in [1.54, 1.807) is 19.2 Å². The minimum Gasteiger partial charge on any atom is -0.497 e. The van der Waals surface area contributed by atoms with Gasteiger partial charge in [-0.1, -0.05) is 12.1 Å². The summed E-state index contributed by atoms with van der Waals surface area (Å²) < 4.78 is 19.2. The molecule has 0 fully saturated rings. The van der Waals surface area contributed by atoms with Crippen molar-refractivity contribution in [1.29, 1.82) is 0 Å². The minimum absolute atomic E-state index is 0.277. The number of halogens is 1. The normalized spacial score (nSPS) is 10.2. The van der Waals surface area contributed by atoms with Crippen LogP contribution in [0.4, 0.5) is 10.1 Å². The first-order chi connectivity index (χ1) is 10.0. The predicted octanol–water partition coefficient (Wildman–Crippen LogP) is 3.17. The summed E-state index contributed by atoms with van der Waals surface area (Å²) in [5, 5.41) is 8.93. The van der Waals surface area contributed by atoms with Crippen molar-refractivity contribution < 1.29 is 19.0 Å². The van der Waals surface area contributed by atoms with Crippen molar-refractivity contribution in [3.8, 4) is 5.75 Å². The van der Waals surface area contributed by atoms with E-state index in [9.17, 15) is 9.18 Å². The van der Waals surface area contributed by atoms with Gasteiger partial charge in [-0.3, -0.25) is 0 Å². The van der Waals surface area contributed by atoms with E-state index in [1.807, 2.05) is 36.2 Å². The highest BCUT2D eigenvalue weighted by molar-refractivity contribution is 5.88. The lowest BCUT2D eigenvalue weighted by atomic mass is 10.1. The molecule has 0 saturated carbocycles. The summed E-state index contributed by atoms with van der Waals surface area (Å²) in [6, 6.07) is 11.7. The van der Waals surface area contributed by atoms with E-state index in [-0.39, 0.29) is 12.1 Å². The van der Waals surface area contributed by atoms with Crippen LogP contribution in [0.25, 0.3) is 0 Å². The van der Waals surface area contributed by atoms with E-state index < -0.39 is 11.8 Å². The van der Waals surface area contributed by atoms with Crippen LogP contribution in [0, 0.1) is 5.82 Å². The van der Waals surface area contributed by atoms with Gasteiger partial charge in [-0.15, -0.1) is 0 Å². The Morgan fingerprint density at radius 1 is 1.24 bits per heavy atom. The second-order valence-corrected chi connectivity index (χ2v) is 4.64. The van der Waals surface area contributed by atoms with Crippen LogP contribution in [0.3, 0.4) is 0 Å². The molecule has 1 N–H and O–H groups in total. The number of hydrogen-bond acceptors (Lipinski definition) is 3. The number of aromatic carboxylic acids is 1. The molecule has 0 saturated heterocycles. The number of anilines is 1. The van der Waals surface area contributed by atoms with Gasteiger partial charge in [0.05, 0.1) is 12.7 Å². The van der Waals surface area contributed by atoms with Crippen molar-refractivity contribution in [3.05, 3.63) is 59.4 Å². The zero-order valence-electron chi connectivity index (χ0n) is 11.8. The van der Waals surface area contributed by atoms with Crippen LogP contribution in [0.1, 0.15) is 15.9 Å². The summed E-state index contributed by atoms with van der Waals surface area (Å²) in [6.45, 7) is 0.277. The molecule has 0 aliphatic rings. The standard InChI is InChI=1S/C16H16FNO3/c1-18(12-6-8-13(21-2)9-7-12)10-11-4-3-5-14(15(11)17)16(19)20/h3-9H,10H2,1-2H3,(H,19,20). The number of carboxylic acid groups (broad SMARTS) is 1. The molecule has 0 amide bonds. The first-order valence-corrected chi connectivity index (χ1v) is 6.39. The fourth-order valence-corrected chi connectivity index (χ4v) is 2.05. The molecule has 2 aromatic rings. The van der Waals surface area contributed by atoms with E-state index in [0.717, 1.165) is 11.4 Å². The number of methoxy groups -OCH3 is 1. The van der Waals surface area contributed by atoms with Gasteiger partial charge in [-0.25, -0.2) is 9.18 Å². The molecule has 0 bridgehead atoms. The van der Waals surface area contributed by atoms with Crippen LogP contribution in [-0.4, -0.2) is 25.2 Å². The minimum atomic E-state index is -1.26. The Morgan fingerprint density at radius 3 is 2.48 bits per heavy atom. The Kier molecular flexibility index (Phi) is 4.42. The molecule has 0 spiro atoms. The van der Waals surface area contributed by atoms with Crippen molar-refractivity contribution in [2.75, 3.05) is 19.1 Å². The maximum atomic E-state index is 14.1. The van der Waals surface area contributed by atoms with Crippen LogP contribution in [-0.2, 0) is 6.54 Å². The summed E-state index contributed by atoms with van der Waals surface area (Å²) >= 11 is 0. The molecule has 0 aliphatic heterocycles. The Labute approximate surface area is 122 Å². The van der Waals surface area contributed by atoms with Crippen molar-refractivity contribution in [2.45, 2.75) is 6.54 Å². The molecule has 0 atom stereocenters. The van der Waals surface area contributed by atoms with Crippen molar-refractivity contribution >= 4 is 11.7 Å². The molecule has 0 aromatic heterocycles. The fraction of sp³-hybridized carbons (Fsp3) is 0.188. The van der Waals surface area contributed by atoms with Crippen LogP contribution in [0.15, 0.2) is 42.5 Å². The second kappa shape index (κ2) is 6.26. The van der Waals surface area contributed by atoms with Crippen molar-refractivity contribution in [3.63, 3.8) is 0 Å². The van der Waals surface area contributed by atoms with Crippen LogP contribution < -0.4 is 9.64 Å². The van der Waals surface area contributed by atoms with Crippen LogP contribution >= 0.6 is 0 Å². The Hall–Kier alpha value is -2.56. The van der Waals surface area contributed by atoms with E-state index in [0.29, 0.717) is 5.56 Å². The highest BCUT2D eigenvalue weighted by Gasteiger charge is 2.15. The number of benzene rings is 2. The second-order valence-electron chi connectivity index (χ2n) is 4.64. The van der Waals surface area contributed by atoms with Gasteiger partial charge < -0.3 is 14.7 Å². The number of carboxylic acids is 1. The molecular formula is C16H16FNO3. The highest BCUT2D eigenvalue weighted by Crippen LogP contribution is 2.21. The van der Waals surface area contributed by atoms with Gasteiger partial charge >= 0.3 is 5.97 Å². The third-order valence-corrected chi connectivity index (χ3v) is 3.23. The first-order valence-electron chi connectivity index (χ1n) is 6.39. The average molecular weight is 289 g/mol. The molecule has 4 nitrogen and oxygen atoms in total. The molecular weight excluding hydrogens is 273 g/mol. The first kappa shape index (κ1) is 14.8. The molecule has 21 heavy (non-hydrogen) atoms. The number of carbonyl (C=O) groups is 1. The average Bonchev–Trinajstić information content (AvgIpc) is 2.49. The van der Waals surface area contributed by atoms with Crippen LogP contribution in [0.5, 0.6) is 5.75 Å². The lowest BCUT2D eigenvalue weighted by molar-refractivity contribution is 0.0691. The highest BCUT2D eigenvalue weighted by atomic mass is 19.1. The summed E-state index contributed by atoms with van der Waals surface area (Å²) in [4.78, 5) is 12.8. The third-order valence-electron chi connectivity index (χ3n) is 3.23. The number of ether oxygens (including phenoxy) is 1. The van der Waals surface area contributed by atoms with Gasteiger partial charge in [-0.05, 0) is 30.3 Å². The van der Waals surface area contributed by atoms with E-state index in [1.165, 1.54) is 6.07 Å². The molecule has 5 heteroatoms. The Balaban J connectivity index is 2.20. The van der Waals surface area contributed by atoms with E-state index in [4.69, 9.17) is 9.84 Å². The van der Waals surface area contributed by atoms with Gasteiger partial charge in [0.2, 0.25) is 0 Å². The number of nitrogens with zero attached hydrogens (tertiary/aromatic N) is 1. The summed E-state index contributed by atoms with van der Waals surface area (Å²) in [5.74, 6) is -1.21. The van der Waals surface area contributed by atoms with Gasteiger partial charge in [0.15, 0.2) is 0 Å². The zero-order valence-corrected chi connectivity index (χ0v) is 11.8. The summed E-state index contributed by atoms with van der Waals surface area (Å²) in [7, 11) is 3.40. The lowest BCUT2D eigenvalue weighted by Gasteiger charge is -2.20. The SMILES string of the molecule is COc1ccc(N(C)Cc2cccc(C(=O)O)c2F)cc1. The van der Waals surface area contributed by atoms with Crippen molar-refractivity contribution in [1.82, 2.24) is 0 Å². The quantitative estimate of drug-likeness (QED) is 0.918. The molecule has 0 aliphatic carbocycles. The molecule has 2 rings (SSSR count). The maximum Gasteiger partial charge on any atom is 0.338 e. The molecule has 2 aromatic carbocycles. The van der Waals surface area contributed by atoms with E-state index in [2.05, 4.69) is 0 Å². The third kappa shape index (κ3) is 3.31. The molecule has 0 radical (unpaired) electrons. The smallest absolute Gasteiger partial charge is 0.338 e. The number of rotatable bonds is 5. The summed E-state index contributed by atoms with van der Waals surface area (Å²) in [6.07, 6.45) is 0. The Bertz CT molecular complexity index is 640.